The second kappa shape index (κ2) is 6.30. The predicted octanol–water partition coefficient (Wildman–Crippen LogP) is 2.93. The second-order valence-corrected chi connectivity index (χ2v) is 5.14. The standard InChI is InChI=1S/C15H21FO2/c1-2-18-15-9-12(10-15)8-14(17)7-11-4-3-5-13(16)6-11/h3-6,12,14-15,17H,2,7-10H2,1H3. The highest BCUT2D eigenvalue weighted by Crippen LogP contribution is 2.34. The summed E-state index contributed by atoms with van der Waals surface area (Å²) in [5, 5.41) is 9.98. The second-order valence-electron chi connectivity index (χ2n) is 5.14. The quantitative estimate of drug-likeness (QED) is 0.843. The van der Waals surface area contributed by atoms with Gasteiger partial charge in [-0.15, -0.1) is 0 Å². The first-order chi connectivity index (χ1) is 8.67. The Morgan fingerprint density at radius 1 is 1.44 bits per heavy atom. The Morgan fingerprint density at radius 2 is 2.22 bits per heavy atom. The van der Waals surface area contributed by atoms with Crippen LogP contribution in [0.1, 0.15) is 31.7 Å². The van der Waals surface area contributed by atoms with Crippen LogP contribution in [0.2, 0.25) is 0 Å². The van der Waals surface area contributed by atoms with Crippen LogP contribution in [0, 0.1) is 11.7 Å². The van der Waals surface area contributed by atoms with Crippen molar-refractivity contribution in [1.82, 2.24) is 0 Å². The van der Waals surface area contributed by atoms with Crippen molar-refractivity contribution in [3.63, 3.8) is 0 Å². The maximum absolute atomic E-state index is 13.0. The van der Waals surface area contributed by atoms with Gasteiger partial charge >= 0.3 is 0 Å². The zero-order chi connectivity index (χ0) is 13.0. The van der Waals surface area contributed by atoms with Crippen molar-refractivity contribution >= 4 is 0 Å². The van der Waals surface area contributed by atoms with E-state index in [1.54, 1.807) is 6.07 Å². The normalized spacial score (nSPS) is 24.6. The maximum atomic E-state index is 13.0. The maximum Gasteiger partial charge on any atom is 0.123 e. The van der Waals surface area contributed by atoms with E-state index in [1.807, 2.05) is 13.0 Å². The summed E-state index contributed by atoms with van der Waals surface area (Å²) in [5.74, 6) is 0.324. The minimum atomic E-state index is -0.376. The largest absolute Gasteiger partial charge is 0.393 e. The van der Waals surface area contributed by atoms with Crippen LogP contribution >= 0.6 is 0 Å². The number of ether oxygens (including phenoxy) is 1. The van der Waals surface area contributed by atoms with E-state index in [2.05, 4.69) is 0 Å². The summed E-state index contributed by atoms with van der Waals surface area (Å²) >= 11 is 0. The topological polar surface area (TPSA) is 29.5 Å². The summed E-state index contributed by atoms with van der Waals surface area (Å²) in [7, 11) is 0. The fourth-order valence-corrected chi connectivity index (χ4v) is 2.64. The third kappa shape index (κ3) is 3.79. The minimum Gasteiger partial charge on any atom is -0.393 e. The molecule has 1 aromatic rings. The first kappa shape index (κ1) is 13.5. The average Bonchev–Trinajstić information content (AvgIpc) is 2.26. The third-order valence-electron chi connectivity index (χ3n) is 3.56. The summed E-state index contributed by atoms with van der Waals surface area (Å²) < 4.78 is 18.5. The number of rotatable bonds is 6. The number of benzene rings is 1. The summed E-state index contributed by atoms with van der Waals surface area (Å²) in [6.45, 7) is 2.77. The Kier molecular flexibility index (Phi) is 4.72. The summed E-state index contributed by atoms with van der Waals surface area (Å²) in [5.41, 5.74) is 0.864. The molecule has 2 rings (SSSR count). The molecule has 3 heteroatoms. The van der Waals surface area contributed by atoms with Gasteiger partial charge < -0.3 is 9.84 Å². The Hall–Kier alpha value is -0.930. The van der Waals surface area contributed by atoms with Crippen molar-refractivity contribution in [3.05, 3.63) is 35.6 Å². The van der Waals surface area contributed by atoms with E-state index in [4.69, 9.17) is 4.74 Å². The molecule has 1 aliphatic carbocycles. The van der Waals surface area contributed by atoms with E-state index < -0.39 is 0 Å². The van der Waals surface area contributed by atoms with Crippen LogP contribution in [-0.2, 0) is 11.2 Å². The molecule has 1 atom stereocenters. The van der Waals surface area contributed by atoms with Crippen LogP contribution in [0.15, 0.2) is 24.3 Å². The average molecular weight is 252 g/mol. The number of aliphatic hydroxyl groups excluding tert-OH is 1. The molecule has 1 aliphatic rings. The highest BCUT2D eigenvalue weighted by molar-refractivity contribution is 5.17. The van der Waals surface area contributed by atoms with Crippen LogP contribution in [0.25, 0.3) is 0 Å². The highest BCUT2D eigenvalue weighted by Gasteiger charge is 2.30. The van der Waals surface area contributed by atoms with Crippen molar-refractivity contribution in [2.45, 2.75) is 44.8 Å². The number of hydrogen-bond acceptors (Lipinski definition) is 2. The molecule has 0 aromatic heterocycles. The Bertz CT molecular complexity index is 375. The van der Waals surface area contributed by atoms with Crippen molar-refractivity contribution in [3.8, 4) is 0 Å². The Morgan fingerprint density at radius 3 is 2.89 bits per heavy atom. The SMILES string of the molecule is CCOC1CC(CC(O)Cc2cccc(F)c2)C1. The lowest BCUT2D eigenvalue weighted by atomic mass is 9.78. The van der Waals surface area contributed by atoms with E-state index in [9.17, 15) is 9.50 Å². The fourth-order valence-electron chi connectivity index (χ4n) is 2.64. The Balaban J connectivity index is 1.71. The lowest BCUT2D eigenvalue weighted by Gasteiger charge is -2.36. The molecule has 100 valence electrons. The van der Waals surface area contributed by atoms with Gasteiger partial charge in [0.15, 0.2) is 0 Å². The van der Waals surface area contributed by atoms with Gasteiger partial charge in [-0.3, -0.25) is 0 Å². The molecule has 1 fully saturated rings. The summed E-state index contributed by atoms with van der Waals surface area (Å²) in [6.07, 6.45) is 3.44. The predicted molar refractivity (Wildman–Crippen MR) is 68.9 cm³/mol. The molecular weight excluding hydrogens is 231 g/mol. The highest BCUT2D eigenvalue weighted by atomic mass is 19.1. The molecule has 1 aromatic carbocycles. The van der Waals surface area contributed by atoms with Crippen LogP contribution < -0.4 is 0 Å². The van der Waals surface area contributed by atoms with Gasteiger partial charge in [-0.2, -0.15) is 0 Å². The third-order valence-corrected chi connectivity index (χ3v) is 3.56. The van der Waals surface area contributed by atoms with E-state index in [0.29, 0.717) is 18.4 Å². The monoisotopic (exact) mass is 252 g/mol. The summed E-state index contributed by atoms with van der Waals surface area (Å²) in [6, 6.07) is 6.46. The number of aliphatic hydroxyl groups is 1. The van der Waals surface area contributed by atoms with Crippen molar-refractivity contribution in [2.24, 2.45) is 5.92 Å². The van der Waals surface area contributed by atoms with Crippen LogP contribution in [0.5, 0.6) is 0 Å². The molecule has 2 nitrogen and oxygen atoms in total. The molecule has 0 bridgehead atoms. The summed E-state index contributed by atoms with van der Waals surface area (Å²) in [4.78, 5) is 0. The molecule has 0 saturated heterocycles. The van der Waals surface area contributed by atoms with Gasteiger partial charge in [0.2, 0.25) is 0 Å². The zero-order valence-electron chi connectivity index (χ0n) is 10.8. The van der Waals surface area contributed by atoms with Gasteiger partial charge in [-0.1, -0.05) is 12.1 Å². The smallest absolute Gasteiger partial charge is 0.123 e. The van der Waals surface area contributed by atoms with Gasteiger partial charge in [0.25, 0.3) is 0 Å². The molecular formula is C15H21FO2. The van der Waals surface area contributed by atoms with Crippen LogP contribution in [0.3, 0.4) is 0 Å². The lowest BCUT2D eigenvalue weighted by molar-refractivity contribution is -0.0375. The van der Waals surface area contributed by atoms with E-state index in [0.717, 1.165) is 31.4 Å². The molecule has 0 aliphatic heterocycles. The lowest BCUT2D eigenvalue weighted by Crippen LogP contribution is -2.34. The number of halogens is 1. The van der Waals surface area contributed by atoms with E-state index >= 15 is 0 Å². The molecule has 0 radical (unpaired) electrons. The van der Waals surface area contributed by atoms with Crippen molar-refractivity contribution < 1.29 is 14.2 Å². The van der Waals surface area contributed by atoms with Gasteiger partial charge in [-0.25, -0.2) is 4.39 Å². The minimum absolute atomic E-state index is 0.236. The molecule has 0 heterocycles. The van der Waals surface area contributed by atoms with Crippen molar-refractivity contribution in [1.29, 1.82) is 0 Å². The van der Waals surface area contributed by atoms with Gasteiger partial charge in [0.05, 0.1) is 12.2 Å². The van der Waals surface area contributed by atoms with Gasteiger partial charge in [0, 0.05) is 6.61 Å². The Labute approximate surface area is 108 Å². The fraction of sp³-hybridized carbons (Fsp3) is 0.600. The molecule has 0 spiro atoms. The first-order valence-corrected chi connectivity index (χ1v) is 6.71. The van der Waals surface area contributed by atoms with Gasteiger partial charge in [-0.05, 0) is 56.2 Å². The molecule has 18 heavy (non-hydrogen) atoms. The molecule has 0 amide bonds. The van der Waals surface area contributed by atoms with E-state index in [1.165, 1.54) is 12.1 Å². The first-order valence-electron chi connectivity index (χ1n) is 6.71. The van der Waals surface area contributed by atoms with Crippen molar-refractivity contribution in [2.75, 3.05) is 6.61 Å². The van der Waals surface area contributed by atoms with Crippen LogP contribution in [-0.4, -0.2) is 23.9 Å². The van der Waals surface area contributed by atoms with E-state index in [-0.39, 0.29) is 11.9 Å². The zero-order valence-corrected chi connectivity index (χ0v) is 10.8. The molecule has 1 unspecified atom stereocenters. The van der Waals surface area contributed by atoms with Crippen LogP contribution in [0.4, 0.5) is 4.39 Å². The number of hydrogen-bond donors (Lipinski definition) is 1. The molecule has 1 N–H and O–H groups in total. The molecule has 1 saturated carbocycles. The van der Waals surface area contributed by atoms with Gasteiger partial charge in [0.1, 0.15) is 5.82 Å².